The van der Waals surface area contributed by atoms with Gasteiger partial charge in [0.2, 0.25) is 0 Å². The fraction of sp³-hybridized carbons (Fsp3) is 0.308. The number of allylic oxidation sites excluding steroid dienone is 1. The zero-order valence-electron chi connectivity index (χ0n) is 9.39. The van der Waals surface area contributed by atoms with Crippen molar-refractivity contribution < 1.29 is 9.90 Å². The number of hydrogen-bond acceptors (Lipinski definition) is 2. The zero-order valence-corrected chi connectivity index (χ0v) is 9.39. The van der Waals surface area contributed by atoms with E-state index in [-0.39, 0.29) is 11.5 Å². The van der Waals surface area contributed by atoms with Crippen molar-refractivity contribution in [1.29, 1.82) is 0 Å². The van der Waals surface area contributed by atoms with Crippen LogP contribution in [0, 0.1) is 27.7 Å². The van der Waals surface area contributed by atoms with Crippen LogP contribution < -0.4 is 5.11 Å². The van der Waals surface area contributed by atoms with E-state index in [1.165, 1.54) is 6.08 Å². The SMILES string of the molecule is Cc1c(C)c(C)c2c(c1C)C(=O)C=C2[O-]. The lowest BCUT2D eigenvalue weighted by molar-refractivity contribution is -0.243. The molecule has 2 rings (SSSR count). The molecule has 0 heterocycles. The fourth-order valence-electron chi connectivity index (χ4n) is 2.19. The van der Waals surface area contributed by atoms with Crippen LogP contribution in [-0.4, -0.2) is 5.78 Å². The minimum absolute atomic E-state index is 0.140. The van der Waals surface area contributed by atoms with Crippen LogP contribution >= 0.6 is 0 Å². The highest BCUT2D eigenvalue weighted by Crippen LogP contribution is 2.33. The molecule has 0 radical (unpaired) electrons. The first-order chi connectivity index (χ1) is 6.95. The second-order valence-electron chi connectivity index (χ2n) is 4.12. The van der Waals surface area contributed by atoms with Gasteiger partial charge in [-0.3, -0.25) is 4.79 Å². The first kappa shape index (κ1) is 9.97. The van der Waals surface area contributed by atoms with Crippen molar-refractivity contribution in [2.75, 3.05) is 0 Å². The van der Waals surface area contributed by atoms with Crippen molar-refractivity contribution in [1.82, 2.24) is 0 Å². The van der Waals surface area contributed by atoms with Crippen LogP contribution in [0.1, 0.15) is 38.2 Å². The topological polar surface area (TPSA) is 40.1 Å². The van der Waals surface area contributed by atoms with Crippen molar-refractivity contribution in [2.24, 2.45) is 0 Å². The molecule has 1 aliphatic carbocycles. The maximum Gasteiger partial charge on any atom is 0.186 e. The lowest BCUT2D eigenvalue weighted by Gasteiger charge is -2.18. The van der Waals surface area contributed by atoms with E-state index in [1.807, 2.05) is 27.7 Å². The summed E-state index contributed by atoms with van der Waals surface area (Å²) in [4.78, 5) is 11.6. The Kier molecular flexibility index (Phi) is 1.97. The second-order valence-corrected chi connectivity index (χ2v) is 4.12. The van der Waals surface area contributed by atoms with Crippen LogP contribution in [0.15, 0.2) is 6.08 Å². The lowest BCUT2D eigenvalue weighted by atomic mass is 9.89. The van der Waals surface area contributed by atoms with Crippen LogP contribution in [0.3, 0.4) is 0 Å². The van der Waals surface area contributed by atoms with Crippen molar-refractivity contribution in [2.45, 2.75) is 27.7 Å². The first-order valence-electron chi connectivity index (χ1n) is 4.99. The summed E-state index contributed by atoms with van der Waals surface area (Å²) in [6.45, 7) is 7.80. The molecular weight excluding hydrogens is 188 g/mol. The Labute approximate surface area is 89.2 Å². The number of carbonyl (C=O) groups is 1. The molecule has 0 aliphatic heterocycles. The standard InChI is InChI=1S/C13H14O2/c1-6-7(2)9(4)13-11(15)5-10(14)12(13)8(6)3/h5,14H,1-4H3/p-1. The highest BCUT2D eigenvalue weighted by atomic mass is 16.3. The molecule has 0 saturated carbocycles. The third-order valence-electron chi connectivity index (χ3n) is 3.44. The van der Waals surface area contributed by atoms with E-state index < -0.39 is 0 Å². The number of fused-ring (bicyclic) bond motifs is 1. The van der Waals surface area contributed by atoms with Gasteiger partial charge in [0.15, 0.2) is 5.78 Å². The summed E-state index contributed by atoms with van der Waals surface area (Å²) in [6.07, 6.45) is 1.20. The van der Waals surface area contributed by atoms with Gasteiger partial charge in [-0.1, -0.05) is 5.76 Å². The summed E-state index contributed by atoms with van der Waals surface area (Å²) < 4.78 is 0. The average Bonchev–Trinajstić information content (AvgIpc) is 2.47. The van der Waals surface area contributed by atoms with Crippen LogP contribution in [0.25, 0.3) is 5.76 Å². The summed E-state index contributed by atoms with van der Waals surface area (Å²) in [5.41, 5.74) is 5.34. The van der Waals surface area contributed by atoms with E-state index in [2.05, 4.69) is 0 Å². The largest absolute Gasteiger partial charge is 0.872 e. The normalized spacial score (nSPS) is 14.1. The Morgan fingerprint density at radius 2 is 1.33 bits per heavy atom. The van der Waals surface area contributed by atoms with Gasteiger partial charge >= 0.3 is 0 Å². The van der Waals surface area contributed by atoms with Crippen LogP contribution in [0.2, 0.25) is 0 Å². The van der Waals surface area contributed by atoms with E-state index in [0.717, 1.165) is 22.3 Å². The van der Waals surface area contributed by atoms with Gasteiger partial charge in [-0.05, 0) is 61.6 Å². The highest BCUT2D eigenvalue weighted by Gasteiger charge is 2.23. The highest BCUT2D eigenvalue weighted by molar-refractivity contribution is 6.16. The minimum Gasteiger partial charge on any atom is -0.872 e. The monoisotopic (exact) mass is 201 g/mol. The number of carbonyl (C=O) groups excluding carboxylic acids is 1. The molecule has 15 heavy (non-hydrogen) atoms. The average molecular weight is 201 g/mol. The summed E-state index contributed by atoms with van der Waals surface area (Å²) in [5.74, 6) is -0.280. The number of ketones is 1. The predicted molar refractivity (Wildman–Crippen MR) is 57.7 cm³/mol. The van der Waals surface area contributed by atoms with Gasteiger partial charge in [0, 0.05) is 5.56 Å². The van der Waals surface area contributed by atoms with Crippen LogP contribution in [0.5, 0.6) is 0 Å². The smallest absolute Gasteiger partial charge is 0.186 e. The number of benzene rings is 1. The van der Waals surface area contributed by atoms with Gasteiger partial charge in [-0.25, -0.2) is 0 Å². The molecule has 1 aliphatic rings. The summed E-state index contributed by atoms with van der Waals surface area (Å²) in [5, 5.41) is 11.6. The van der Waals surface area contributed by atoms with E-state index >= 15 is 0 Å². The molecule has 0 fully saturated rings. The number of rotatable bonds is 0. The molecule has 78 valence electrons. The van der Waals surface area contributed by atoms with Crippen LogP contribution in [-0.2, 0) is 0 Å². The molecule has 2 nitrogen and oxygen atoms in total. The van der Waals surface area contributed by atoms with Gasteiger partial charge < -0.3 is 5.11 Å². The molecular formula is C13H13O2-. The Hall–Kier alpha value is -1.57. The summed E-state index contributed by atoms with van der Waals surface area (Å²) in [6, 6.07) is 0. The molecule has 1 aromatic carbocycles. The molecule has 0 amide bonds. The van der Waals surface area contributed by atoms with Gasteiger partial charge in [-0.2, -0.15) is 0 Å². The molecule has 0 saturated heterocycles. The molecule has 0 aromatic heterocycles. The molecule has 0 bridgehead atoms. The zero-order chi connectivity index (χ0) is 11.3. The Morgan fingerprint density at radius 1 is 0.867 bits per heavy atom. The van der Waals surface area contributed by atoms with Gasteiger partial charge in [0.05, 0.1) is 0 Å². The van der Waals surface area contributed by atoms with E-state index in [1.54, 1.807) is 0 Å². The molecule has 0 spiro atoms. The molecule has 0 atom stereocenters. The van der Waals surface area contributed by atoms with E-state index in [0.29, 0.717) is 11.1 Å². The number of hydrogen-bond donors (Lipinski definition) is 0. The Bertz CT molecular complexity index is 508. The predicted octanol–water partition coefficient (Wildman–Crippen LogP) is 1.82. The third-order valence-corrected chi connectivity index (χ3v) is 3.44. The second kappa shape index (κ2) is 2.96. The van der Waals surface area contributed by atoms with Crippen molar-refractivity contribution >= 4 is 11.5 Å². The first-order valence-corrected chi connectivity index (χ1v) is 4.99. The van der Waals surface area contributed by atoms with E-state index in [4.69, 9.17) is 0 Å². The van der Waals surface area contributed by atoms with Crippen molar-refractivity contribution in [3.63, 3.8) is 0 Å². The Balaban J connectivity index is 2.92. The fourth-order valence-corrected chi connectivity index (χ4v) is 2.19. The quantitative estimate of drug-likeness (QED) is 0.642. The summed E-state index contributed by atoms with van der Waals surface area (Å²) in [7, 11) is 0. The maximum atomic E-state index is 11.6. The van der Waals surface area contributed by atoms with E-state index in [9.17, 15) is 9.90 Å². The van der Waals surface area contributed by atoms with Gasteiger partial charge in [0.25, 0.3) is 0 Å². The molecule has 2 heteroatoms. The molecule has 1 aromatic rings. The van der Waals surface area contributed by atoms with Gasteiger partial charge in [0.1, 0.15) is 0 Å². The molecule has 0 N–H and O–H groups in total. The third kappa shape index (κ3) is 1.14. The maximum absolute atomic E-state index is 11.6. The van der Waals surface area contributed by atoms with Gasteiger partial charge in [-0.15, -0.1) is 0 Å². The van der Waals surface area contributed by atoms with Crippen molar-refractivity contribution in [3.05, 3.63) is 39.5 Å². The van der Waals surface area contributed by atoms with Crippen LogP contribution in [0.4, 0.5) is 0 Å². The van der Waals surface area contributed by atoms with Crippen molar-refractivity contribution in [3.8, 4) is 0 Å². The minimum atomic E-state index is -0.140. The Morgan fingerprint density at radius 3 is 1.87 bits per heavy atom. The summed E-state index contributed by atoms with van der Waals surface area (Å²) >= 11 is 0. The lowest BCUT2D eigenvalue weighted by Crippen LogP contribution is -2.07. The molecule has 0 unspecified atom stereocenters.